The lowest BCUT2D eigenvalue weighted by molar-refractivity contribution is -0.272. The third-order valence-electron chi connectivity index (χ3n) is 5.36. The van der Waals surface area contributed by atoms with E-state index < -0.39 is 0 Å². The van der Waals surface area contributed by atoms with Gasteiger partial charge in [0, 0.05) is 24.9 Å². The average Bonchev–Trinajstić information content (AvgIpc) is 2.46. The maximum atomic E-state index is 11.1. The highest BCUT2D eigenvalue weighted by Crippen LogP contribution is 2.51. The fourth-order valence-electron chi connectivity index (χ4n) is 3.64. The van der Waals surface area contributed by atoms with Crippen molar-refractivity contribution in [1.29, 1.82) is 0 Å². The molecule has 1 rings (SSSR count). The van der Waals surface area contributed by atoms with Gasteiger partial charge in [0.1, 0.15) is 6.61 Å². The van der Waals surface area contributed by atoms with E-state index in [2.05, 4.69) is 27.7 Å². The van der Waals surface area contributed by atoms with Gasteiger partial charge < -0.3 is 19.3 Å². The van der Waals surface area contributed by atoms with Crippen molar-refractivity contribution < 1.29 is 24.1 Å². The van der Waals surface area contributed by atoms with Gasteiger partial charge in [-0.05, 0) is 12.8 Å². The van der Waals surface area contributed by atoms with Gasteiger partial charge in [-0.15, -0.1) is 0 Å². The lowest BCUT2D eigenvalue weighted by Gasteiger charge is -2.57. The number of hydrogen-bond donors (Lipinski definition) is 1. The van der Waals surface area contributed by atoms with Crippen LogP contribution in [0.15, 0.2) is 0 Å². The van der Waals surface area contributed by atoms with Crippen LogP contribution in [0.1, 0.15) is 47.5 Å². The normalized spacial score (nSPS) is 40.0. The molecule has 0 radical (unpaired) electrons. The molecule has 0 aromatic carbocycles. The number of esters is 1. The lowest BCUT2D eigenvalue weighted by Crippen LogP contribution is -2.64. The summed E-state index contributed by atoms with van der Waals surface area (Å²) in [6, 6.07) is 0. The van der Waals surface area contributed by atoms with Crippen LogP contribution in [0.5, 0.6) is 0 Å². The molecule has 0 aromatic rings. The van der Waals surface area contributed by atoms with E-state index in [1.807, 2.05) is 0 Å². The third-order valence-corrected chi connectivity index (χ3v) is 5.36. The number of ether oxygens (including phenoxy) is 3. The molecule has 1 heterocycles. The van der Waals surface area contributed by atoms with E-state index >= 15 is 0 Å². The van der Waals surface area contributed by atoms with Gasteiger partial charge in [-0.25, -0.2) is 0 Å². The van der Waals surface area contributed by atoms with E-state index in [-0.39, 0.29) is 48.3 Å². The first-order valence-electron chi connectivity index (χ1n) is 7.72. The van der Waals surface area contributed by atoms with Crippen molar-refractivity contribution in [3.05, 3.63) is 0 Å². The zero-order chi connectivity index (χ0) is 16.3. The van der Waals surface area contributed by atoms with Crippen molar-refractivity contribution in [2.24, 2.45) is 10.8 Å². The fraction of sp³-hybridized carbons (Fsp3) is 0.938. The van der Waals surface area contributed by atoms with E-state index in [0.717, 1.165) is 12.8 Å². The molecule has 1 aliphatic rings. The lowest BCUT2D eigenvalue weighted by atomic mass is 9.60. The standard InChI is InChI=1S/C16H30O5/c1-7-15(4)12(9-17)21-13(10-20-11(3)18)16(5,8-2)14(15)19-6/h12-14,17H,7-10H2,1-6H3/t12-,13+,14+,15-,16+/m0/s1. The first-order chi connectivity index (χ1) is 9.79. The first-order valence-corrected chi connectivity index (χ1v) is 7.72. The second-order valence-electron chi connectivity index (χ2n) is 6.43. The minimum absolute atomic E-state index is 0.0689. The summed E-state index contributed by atoms with van der Waals surface area (Å²) in [6.45, 7) is 9.89. The molecular weight excluding hydrogens is 272 g/mol. The average molecular weight is 302 g/mol. The Morgan fingerprint density at radius 1 is 1.19 bits per heavy atom. The Hall–Kier alpha value is -0.650. The zero-order valence-corrected chi connectivity index (χ0v) is 14.1. The number of carbonyl (C=O) groups excluding carboxylic acids is 1. The monoisotopic (exact) mass is 302 g/mol. The highest BCUT2D eigenvalue weighted by Gasteiger charge is 2.58. The molecule has 0 spiro atoms. The van der Waals surface area contributed by atoms with Crippen molar-refractivity contribution in [3.8, 4) is 0 Å². The van der Waals surface area contributed by atoms with Crippen molar-refractivity contribution in [1.82, 2.24) is 0 Å². The predicted octanol–water partition coefficient (Wildman–Crippen LogP) is 2.16. The van der Waals surface area contributed by atoms with Gasteiger partial charge in [0.2, 0.25) is 0 Å². The summed E-state index contributed by atoms with van der Waals surface area (Å²) in [6.07, 6.45) is 0.991. The van der Waals surface area contributed by atoms with E-state index in [1.165, 1.54) is 6.92 Å². The Morgan fingerprint density at radius 3 is 2.10 bits per heavy atom. The minimum Gasteiger partial charge on any atom is -0.463 e. The molecule has 21 heavy (non-hydrogen) atoms. The Labute approximate surface area is 128 Å². The summed E-state index contributed by atoms with van der Waals surface area (Å²) >= 11 is 0. The number of hydrogen-bond acceptors (Lipinski definition) is 5. The van der Waals surface area contributed by atoms with Crippen LogP contribution in [0.25, 0.3) is 0 Å². The van der Waals surface area contributed by atoms with Crippen LogP contribution in [0.3, 0.4) is 0 Å². The summed E-state index contributed by atoms with van der Waals surface area (Å²) < 4.78 is 17.1. The molecule has 0 aliphatic carbocycles. The maximum absolute atomic E-state index is 11.1. The van der Waals surface area contributed by atoms with Gasteiger partial charge >= 0.3 is 5.97 Å². The first kappa shape index (κ1) is 18.4. The van der Waals surface area contributed by atoms with Crippen molar-refractivity contribution in [2.75, 3.05) is 20.3 Å². The summed E-state index contributed by atoms with van der Waals surface area (Å²) in [5.41, 5.74) is -0.554. The smallest absolute Gasteiger partial charge is 0.302 e. The minimum atomic E-state index is -0.326. The van der Waals surface area contributed by atoms with Crippen LogP contribution in [0.2, 0.25) is 0 Å². The molecule has 1 fully saturated rings. The summed E-state index contributed by atoms with van der Waals surface area (Å²) in [5.74, 6) is -0.324. The Kier molecular flexibility index (Phi) is 6.20. The Balaban J connectivity index is 3.14. The zero-order valence-electron chi connectivity index (χ0n) is 14.1. The summed E-state index contributed by atoms with van der Waals surface area (Å²) in [4.78, 5) is 11.1. The molecule has 5 heteroatoms. The molecule has 0 saturated carbocycles. The van der Waals surface area contributed by atoms with Crippen LogP contribution in [-0.2, 0) is 19.0 Å². The van der Waals surface area contributed by atoms with Gasteiger partial charge in [-0.3, -0.25) is 4.79 Å². The molecule has 124 valence electrons. The number of rotatable bonds is 6. The molecule has 1 saturated heterocycles. The van der Waals surface area contributed by atoms with Crippen molar-refractivity contribution in [3.63, 3.8) is 0 Å². The summed E-state index contributed by atoms with van der Waals surface area (Å²) in [7, 11) is 1.70. The highest BCUT2D eigenvalue weighted by atomic mass is 16.6. The van der Waals surface area contributed by atoms with Crippen molar-refractivity contribution >= 4 is 5.97 Å². The molecule has 0 amide bonds. The topological polar surface area (TPSA) is 65.0 Å². The quantitative estimate of drug-likeness (QED) is 0.762. The number of methoxy groups -OCH3 is 1. The molecule has 5 nitrogen and oxygen atoms in total. The van der Waals surface area contributed by atoms with Crippen LogP contribution >= 0.6 is 0 Å². The third kappa shape index (κ3) is 3.25. The Morgan fingerprint density at radius 2 is 1.71 bits per heavy atom. The summed E-state index contributed by atoms with van der Waals surface area (Å²) in [5, 5.41) is 9.72. The predicted molar refractivity (Wildman–Crippen MR) is 80.0 cm³/mol. The second kappa shape index (κ2) is 7.07. The molecular formula is C16H30O5. The van der Waals surface area contributed by atoms with Crippen LogP contribution in [-0.4, -0.2) is 49.7 Å². The van der Waals surface area contributed by atoms with Crippen molar-refractivity contribution in [2.45, 2.75) is 65.8 Å². The molecule has 1 aliphatic heterocycles. The Bertz CT molecular complexity index is 359. The van der Waals surface area contributed by atoms with Gasteiger partial charge in [-0.1, -0.05) is 27.7 Å². The second-order valence-corrected chi connectivity index (χ2v) is 6.43. The molecule has 5 atom stereocenters. The van der Waals surface area contributed by atoms with E-state index in [0.29, 0.717) is 0 Å². The van der Waals surface area contributed by atoms with Crippen LogP contribution in [0, 0.1) is 10.8 Å². The molecule has 1 N–H and O–H groups in total. The van der Waals surface area contributed by atoms with Crippen LogP contribution < -0.4 is 0 Å². The molecule has 0 bridgehead atoms. The van der Waals surface area contributed by atoms with Gasteiger partial charge in [0.25, 0.3) is 0 Å². The SMILES string of the molecule is CC[C@@]1(C)[C@H](OC)[C@@](C)(CC)[C@H](CO)O[C@@H]1COC(C)=O. The largest absolute Gasteiger partial charge is 0.463 e. The number of aliphatic hydroxyl groups excluding tert-OH is 1. The molecule has 0 aromatic heterocycles. The van der Waals surface area contributed by atoms with E-state index in [4.69, 9.17) is 14.2 Å². The van der Waals surface area contributed by atoms with E-state index in [9.17, 15) is 9.90 Å². The fourth-order valence-corrected chi connectivity index (χ4v) is 3.64. The number of aliphatic hydroxyl groups is 1. The van der Waals surface area contributed by atoms with Gasteiger partial charge in [0.15, 0.2) is 0 Å². The van der Waals surface area contributed by atoms with Gasteiger partial charge in [-0.2, -0.15) is 0 Å². The highest BCUT2D eigenvalue weighted by molar-refractivity contribution is 5.65. The van der Waals surface area contributed by atoms with Gasteiger partial charge in [0.05, 0.1) is 24.9 Å². The number of carbonyl (C=O) groups is 1. The maximum Gasteiger partial charge on any atom is 0.302 e. The van der Waals surface area contributed by atoms with Crippen LogP contribution in [0.4, 0.5) is 0 Å². The van der Waals surface area contributed by atoms with E-state index in [1.54, 1.807) is 7.11 Å². The molecule has 0 unspecified atom stereocenters.